The topological polar surface area (TPSA) is 53.1 Å². The molecule has 0 radical (unpaired) electrons. The lowest BCUT2D eigenvalue weighted by Gasteiger charge is -2.08. The van der Waals surface area contributed by atoms with Gasteiger partial charge in [0.1, 0.15) is 11.4 Å². The molecule has 17 heavy (non-hydrogen) atoms. The molecule has 1 heterocycles. The largest absolute Gasteiger partial charge is 0.437 e. The van der Waals surface area contributed by atoms with Crippen LogP contribution >= 0.6 is 11.6 Å². The maximum Gasteiger partial charge on any atom is 0.241 e. The zero-order valence-electron chi connectivity index (χ0n) is 9.77. The second kappa shape index (κ2) is 4.67. The van der Waals surface area contributed by atoms with E-state index in [1.54, 1.807) is 28.9 Å². The Bertz CT molecular complexity index is 519. The van der Waals surface area contributed by atoms with E-state index < -0.39 is 0 Å². The Morgan fingerprint density at radius 3 is 2.59 bits per heavy atom. The first-order valence-corrected chi connectivity index (χ1v) is 5.76. The monoisotopic (exact) mass is 251 g/mol. The van der Waals surface area contributed by atoms with Crippen molar-refractivity contribution in [2.45, 2.75) is 20.4 Å². The van der Waals surface area contributed by atoms with Gasteiger partial charge in [-0.15, -0.1) is 0 Å². The normalized spacial score (nSPS) is 10.5. The van der Waals surface area contributed by atoms with E-state index in [-0.39, 0.29) is 0 Å². The van der Waals surface area contributed by atoms with Crippen molar-refractivity contribution < 1.29 is 4.74 Å². The zero-order chi connectivity index (χ0) is 12.4. The molecule has 0 aliphatic rings. The fourth-order valence-corrected chi connectivity index (χ4v) is 1.64. The highest BCUT2D eigenvalue weighted by molar-refractivity contribution is 6.30. The highest BCUT2D eigenvalue weighted by atomic mass is 35.5. The van der Waals surface area contributed by atoms with Crippen molar-refractivity contribution in [2.75, 3.05) is 5.73 Å². The number of nitrogens with two attached hydrogens (primary N) is 1. The Hall–Kier alpha value is -1.68. The van der Waals surface area contributed by atoms with Gasteiger partial charge in [0.2, 0.25) is 5.88 Å². The fourth-order valence-electron chi connectivity index (χ4n) is 1.51. The van der Waals surface area contributed by atoms with E-state index in [9.17, 15) is 0 Å². The van der Waals surface area contributed by atoms with E-state index in [1.165, 1.54) is 0 Å². The summed E-state index contributed by atoms with van der Waals surface area (Å²) in [6, 6.07) is 7.13. The van der Waals surface area contributed by atoms with E-state index in [0.29, 0.717) is 28.9 Å². The minimum Gasteiger partial charge on any atom is -0.437 e. The number of nitrogens with zero attached hydrogens (tertiary/aromatic N) is 2. The van der Waals surface area contributed by atoms with Crippen molar-refractivity contribution in [1.29, 1.82) is 0 Å². The maximum absolute atomic E-state index is 5.92. The number of anilines is 1. The Morgan fingerprint density at radius 1 is 1.35 bits per heavy atom. The number of benzene rings is 1. The molecular weight excluding hydrogens is 238 g/mol. The third-order valence-electron chi connectivity index (χ3n) is 2.45. The molecule has 0 unspecified atom stereocenters. The van der Waals surface area contributed by atoms with Gasteiger partial charge in [0.15, 0.2) is 0 Å². The third-order valence-corrected chi connectivity index (χ3v) is 2.71. The fraction of sp³-hybridized carbons (Fsp3) is 0.250. The van der Waals surface area contributed by atoms with Crippen LogP contribution in [0, 0.1) is 6.92 Å². The SMILES string of the molecule is CCn1nc(C)c(N)c1Oc1ccc(Cl)cc1. The quantitative estimate of drug-likeness (QED) is 0.911. The minimum absolute atomic E-state index is 0.571. The number of aryl methyl sites for hydroxylation is 2. The van der Waals surface area contributed by atoms with Crippen molar-refractivity contribution in [3.8, 4) is 11.6 Å². The summed E-state index contributed by atoms with van der Waals surface area (Å²) in [6.45, 7) is 4.55. The van der Waals surface area contributed by atoms with Crippen molar-refractivity contribution in [3.63, 3.8) is 0 Å². The second-order valence-electron chi connectivity index (χ2n) is 3.68. The number of ether oxygens (including phenoxy) is 1. The highest BCUT2D eigenvalue weighted by Gasteiger charge is 2.13. The van der Waals surface area contributed by atoms with Gasteiger partial charge in [0.05, 0.1) is 5.69 Å². The molecule has 4 nitrogen and oxygen atoms in total. The molecule has 0 amide bonds. The standard InChI is InChI=1S/C12H14ClN3O/c1-3-16-12(11(14)8(2)15-16)17-10-6-4-9(13)5-7-10/h4-7H,3,14H2,1-2H3. The number of hydrogen-bond donors (Lipinski definition) is 1. The molecule has 0 saturated heterocycles. The molecule has 0 aliphatic carbocycles. The molecule has 2 rings (SSSR count). The van der Waals surface area contributed by atoms with Gasteiger partial charge in [0, 0.05) is 11.6 Å². The summed E-state index contributed by atoms with van der Waals surface area (Å²) in [6.07, 6.45) is 0. The number of nitrogen functional groups attached to an aromatic ring is 1. The summed E-state index contributed by atoms with van der Waals surface area (Å²) in [7, 11) is 0. The van der Waals surface area contributed by atoms with Gasteiger partial charge in [-0.3, -0.25) is 0 Å². The Kier molecular flexibility index (Phi) is 3.24. The van der Waals surface area contributed by atoms with Crippen molar-refractivity contribution in [1.82, 2.24) is 9.78 Å². The Morgan fingerprint density at radius 2 is 2.00 bits per heavy atom. The summed E-state index contributed by atoms with van der Waals surface area (Å²) in [5.74, 6) is 1.27. The minimum atomic E-state index is 0.571. The average molecular weight is 252 g/mol. The van der Waals surface area contributed by atoms with Gasteiger partial charge < -0.3 is 10.5 Å². The summed E-state index contributed by atoms with van der Waals surface area (Å²) in [5, 5.41) is 4.95. The summed E-state index contributed by atoms with van der Waals surface area (Å²) < 4.78 is 7.46. The lowest BCUT2D eigenvalue weighted by atomic mass is 10.3. The van der Waals surface area contributed by atoms with Crippen LogP contribution < -0.4 is 10.5 Å². The molecule has 0 atom stereocenters. The third kappa shape index (κ3) is 2.36. The van der Waals surface area contributed by atoms with Crippen LogP contribution in [0.1, 0.15) is 12.6 Å². The van der Waals surface area contributed by atoms with E-state index in [4.69, 9.17) is 22.1 Å². The average Bonchev–Trinajstić information content (AvgIpc) is 2.59. The molecule has 5 heteroatoms. The van der Waals surface area contributed by atoms with Gasteiger partial charge in [-0.05, 0) is 38.1 Å². The molecule has 0 saturated carbocycles. The van der Waals surface area contributed by atoms with Crippen molar-refractivity contribution >= 4 is 17.3 Å². The van der Waals surface area contributed by atoms with E-state index in [1.807, 2.05) is 13.8 Å². The molecule has 1 aromatic carbocycles. The van der Waals surface area contributed by atoms with Crippen LogP contribution in [0.4, 0.5) is 5.69 Å². The van der Waals surface area contributed by atoms with Crippen molar-refractivity contribution in [2.24, 2.45) is 0 Å². The first-order chi connectivity index (χ1) is 8.11. The molecule has 0 spiro atoms. The van der Waals surface area contributed by atoms with Crippen LogP contribution in [-0.4, -0.2) is 9.78 Å². The molecule has 1 aromatic heterocycles. The van der Waals surface area contributed by atoms with Crippen LogP contribution in [0.25, 0.3) is 0 Å². The van der Waals surface area contributed by atoms with E-state index in [0.717, 1.165) is 5.69 Å². The number of aromatic nitrogens is 2. The van der Waals surface area contributed by atoms with Crippen LogP contribution in [0.15, 0.2) is 24.3 Å². The number of halogens is 1. The molecular formula is C12H14ClN3O. The molecule has 0 aliphatic heterocycles. The smallest absolute Gasteiger partial charge is 0.241 e. The summed E-state index contributed by atoms with van der Waals surface area (Å²) >= 11 is 5.81. The number of rotatable bonds is 3. The molecule has 90 valence electrons. The van der Waals surface area contributed by atoms with Crippen LogP contribution in [0.3, 0.4) is 0 Å². The zero-order valence-corrected chi connectivity index (χ0v) is 10.5. The summed E-state index contributed by atoms with van der Waals surface area (Å²) in [5.41, 5.74) is 7.27. The van der Waals surface area contributed by atoms with Gasteiger partial charge in [0.25, 0.3) is 0 Å². The van der Waals surface area contributed by atoms with Crippen molar-refractivity contribution in [3.05, 3.63) is 35.0 Å². The second-order valence-corrected chi connectivity index (χ2v) is 4.11. The van der Waals surface area contributed by atoms with E-state index >= 15 is 0 Å². The van der Waals surface area contributed by atoms with Crippen LogP contribution in [0.5, 0.6) is 11.6 Å². The number of hydrogen-bond acceptors (Lipinski definition) is 3. The van der Waals surface area contributed by atoms with E-state index in [2.05, 4.69) is 5.10 Å². The van der Waals surface area contributed by atoms with Crippen LogP contribution in [-0.2, 0) is 6.54 Å². The molecule has 0 bridgehead atoms. The Balaban J connectivity index is 2.32. The lowest BCUT2D eigenvalue weighted by Crippen LogP contribution is -2.00. The first-order valence-electron chi connectivity index (χ1n) is 5.38. The predicted molar refractivity (Wildman–Crippen MR) is 68.6 cm³/mol. The molecule has 2 N–H and O–H groups in total. The van der Waals surface area contributed by atoms with Gasteiger partial charge in [-0.2, -0.15) is 5.10 Å². The van der Waals surface area contributed by atoms with Gasteiger partial charge in [-0.1, -0.05) is 11.6 Å². The maximum atomic E-state index is 5.92. The Labute approximate surface area is 105 Å². The lowest BCUT2D eigenvalue weighted by molar-refractivity contribution is 0.418. The van der Waals surface area contributed by atoms with Gasteiger partial charge in [-0.25, -0.2) is 4.68 Å². The summed E-state index contributed by atoms with van der Waals surface area (Å²) in [4.78, 5) is 0. The first kappa shape index (κ1) is 11.8. The van der Waals surface area contributed by atoms with Gasteiger partial charge >= 0.3 is 0 Å². The molecule has 0 fully saturated rings. The van der Waals surface area contributed by atoms with Crippen LogP contribution in [0.2, 0.25) is 5.02 Å². The predicted octanol–water partition coefficient (Wildman–Crippen LogP) is 3.24. The molecule has 2 aromatic rings. The highest BCUT2D eigenvalue weighted by Crippen LogP contribution is 2.30.